The van der Waals surface area contributed by atoms with Crippen molar-refractivity contribution < 1.29 is 18.8 Å². The molecule has 3 rings (SSSR count). The van der Waals surface area contributed by atoms with Crippen molar-refractivity contribution in [3.63, 3.8) is 0 Å². The van der Waals surface area contributed by atoms with E-state index in [4.69, 9.17) is 14.0 Å². The Bertz CT molecular complexity index is 895. The number of carbonyl (C=O) groups is 1. The molecule has 0 N–H and O–H groups in total. The normalized spacial score (nSPS) is 10.5. The molecule has 0 aliphatic carbocycles. The van der Waals surface area contributed by atoms with Gasteiger partial charge in [0.1, 0.15) is 11.5 Å². The van der Waals surface area contributed by atoms with E-state index in [0.29, 0.717) is 30.4 Å². The van der Waals surface area contributed by atoms with Gasteiger partial charge in [-0.3, -0.25) is 4.79 Å². The largest absolute Gasteiger partial charge is 0.484 e. The fraction of sp³-hybridized carbons (Fsp3) is 0.286. The number of nitrogens with zero attached hydrogens (tertiary/aromatic N) is 3. The van der Waals surface area contributed by atoms with Crippen LogP contribution in [0.15, 0.2) is 59.1 Å². The Balaban J connectivity index is 1.41. The van der Waals surface area contributed by atoms with Gasteiger partial charge < -0.3 is 18.9 Å². The summed E-state index contributed by atoms with van der Waals surface area (Å²) in [6.07, 6.45) is 0.488. The summed E-state index contributed by atoms with van der Waals surface area (Å²) in [5, 5.41) is 3.94. The molecule has 0 aliphatic rings. The van der Waals surface area contributed by atoms with Gasteiger partial charge in [-0.15, -0.1) is 0 Å². The number of carbonyl (C=O) groups excluding carboxylic acids is 1. The van der Waals surface area contributed by atoms with E-state index in [1.165, 1.54) is 0 Å². The lowest BCUT2D eigenvalue weighted by Crippen LogP contribution is -2.33. The first-order chi connectivity index (χ1) is 13.6. The molecule has 1 heterocycles. The number of ether oxygens (including phenoxy) is 2. The molecule has 1 aromatic heterocycles. The van der Waals surface area contributed by atoms with E-state index in [0.717, 1.165) is 11.3 Å². The highest BCUT2D eigenvalue weighted by molar-refractivity contribution is 5.77. The summed E-state index contributed by atoms with van der Waals surface area (Å²) in [4.78, 5) is 18.0. The molecule has 3 aromatic rings. The van der Waals surface area contributed by atoms with Crippen molar-refractivity contribution in [3.05, 3.63) is 71.9 Å². The quantitative estimate of drug-likeness (QED) is 0.567. The molecule has 7 heteroatoms. The van der Waals surface area contributed by atoms with Crippen LogP contribution in [0.4, 0.5) is 0 Å². The minimum absolute atomic E-state index is 0.0116. The van der Waals surface area contributed by atoms with Crippen LogP contribution in [-0.4, -0.2) is 41.1 Å². The molecule has 7 nitrogen and oxygen atoms in total. The summed E-state index contributed by atoms with van der Waals surface area (Å²) in [5.41, 5.74) is 1.12. The Morgan fingerprint density at radius 3 is 2.64 bits per heavy atom. The van der Waals surface area contributed by atoms with Crippen LogP contribution in [-0.2, 0) is 17.8 Å². The van der Waals surface area contributed by atoms with Crippen molar-refractivity contribution in [1.29, 1.82) is 0 Å². The number of rotatable bonds is 9. The van der Waals surface area contributed by atoms with E-state index in [9.17, 15) is 4.79 Å². The number of likely N-dealkylation sites (N-methyl/N-ethyl adjacent to an activating group) is 1. The molecule has 0 spiro atoms. The highest BCUT2D eigenvalue weighted by Gasteiger charge is 2.12. The summed E-state index contributed by atoms with van der Waals surface area (Å²) < 4.78 is 16.3. The standard InChI is InChI=1S/C21H23N3O4/c1-16-7-6-10-18(13-16)26-14-20-22-19(23-28-20)11-12-24(2)21(25)15-27-17-8-4-3-5-9-17/h3-10,13H,11-12,14-15H2,1-2H3. The third kappa shape index (κ3) is 5.84. The van der Waals surface area contributed by atoms with E-state index >= 15 is 0 Å². The molecule has 1 amide bonds. The SMILES string of the molecule is Cc1cccc(OCc2nc(CCN(C)C(=O)COc3ccccc3)no2)c1. The minimum Gasteiger partial charge on any atom is -0.484 e. The van der Waals surface area contributed by atoms with Gasteiger partial charge in [0.25, 0.3) is 11.8 Å². The zero-order valence-electron chi connectivity index (χ0n) is 16.0. The summed E-state index contributed by atoms with van der Waals surface area (Å²) in [6.45, 7) is 2.66. The van der Waals surface area contributed by atoms with Gasteiger partial charge in [-0.25, -0.2) is 0 Å². The molecule has 0 bridgehead atoms. The highest BCUT2D eigenvalue weighted by Crippen LogP contribution is 2.14. The molecule has 0 saturated heterocycles. The molecule has 2 aromatic carbocycles. The van der Waals surface area contributed by atoms with Crippen molar-refractivity contribution >= 4 is 5.91 Å². The molecular weight excluding hydrogens is 358 g/mol. The maximum Gasteiger partial charge on any atom is 0.264 e. The Kier molecular flexibility index (Phi) is 6.62. The predicted molar refractivity (Wildman–Crippen MR) is 103 cm³/mol. The minimum atomic E-state index is -0.115. The first-order valence-corrected chi connectivity index (χ1v) is 9.03. The summed E-state index contributed by atoms with van der Waals surface area (Å²) in [5.74, 6) is 2.24. The first-order valence-electron chi connectivity index (χ1n) is 9.03. The van der Waals surface area contributed by atoms with E-state index < -0.39 is 0 Å². The number of aromatic nitrogens is 2. The van der Waals surface area contributed by atoms with Crippen LogP contribution >= 0.6 is 0 Å². The Morgan fingerprint density at radius 2 is 1.86 bits per heavy atom. The van der Waals surface area contributed by atoms with Crippen molar-refractivity contribution in [2.75, 3.05) is 20.2 Å². The molecule has 0 aliphatic heterocycles. The van der Waals surface area contributed by atoms with Gasteiger partial charge in [0, 0.05) is 20.0 Å². The second kappa shape index (κ2) is 9.55. The summed E-state index contributed by atoms with van der Waals surface area (Å²) in [7, 11) is 1.72. The van der Waals surface area contributed by atoms with Gasteiger partial charge in [0.2, 0.25) is 0 Å². The van der Waals surface area contributed by atoms with Gasteiger partial charge in [-0.1, -0.05) is 35.5 Å². The average molecular weight is 381 g/mol. The fourth-order valence-corrected chi connectivity index (χ4v) is 2.46. The van der Waals surface area contributed by atoms with Gasteiger partial charge in [0.05, 0.1) is 0 Å². The van der Waals surface area contributed by atoms with Crippen molar-refractivity contribution in [3.8, 4) is 11.5 Å². The number of hydrogen-bond donors (Lipinski definition) is 0. The van der Waals surface area contributed by atoms with Crippen LogP contribution in [0.25, 0.3) is 0 Å². The molecule has 0 unspecified atom stereocenters. The van der Waals surface area contributed by atoms with Crippen molar-refractivity contribution in [1.82, 2.24) is 15.0 Å². The number of para-hydroxylation sites is 1. The molecule has 0 atom stereocenters. The highest BCUT2D eigenvalue weighted by atomic mass is 16.5. The second-order valence-corrected chi connectivity index (χ2v) is 6.38. The molecule has 0 radical (unpaired) electrons. The maximum absolute atomic E-state index is 12.1. The van der Waals surface area contributed by atoms with Crippen molar-refractivity contribution in [2.24, 2.45) is 0 Å². The van der Waals surface area contributed by atoms with Crippen LogP contribution in [0, 0.1) is 6.92 Å². The number of hydrogen-bond acceptors (Lipinski definition) is 6. The molecular formula is C21H23N3O4. The van der Waals surface area contributed by atoms with Gasteiger partial charge >= 0.3 is 0 Å². The topological polar surface area (TPSA) is 77.7 Å². The third-order valence-electron chi connectivity index (χ3n) is 4.06. The van der Waals surface area contributed by atoms with Crippen molar-refractivity contribution in [2.45, 2.75) is 20.0 Å². The third-order valence-corrected chi connectivity index (χ3v) is 4.06. The van der Waals surface area contributed by atoms with E-state index in [-0.39, 0.29) is 19.1 Å². The predicted octanol–water partition coefficient (Wildman–Crippen LogP) is 3.04. The Morgan fingerprint density at radius 1 is 1.07 bits per heavy atom. The van der Waals surface area contributed by atoms with Crippen LogP contribution in [0.3, 0.4) is 0 Å². The first kappa shape index (κ1) is 19.4. The number of amides is 1. The summed E-state index contributed by atoms with van der Waals surface area (Å²) >= 11 is 0. The smallest absolute Gasteiger partial charge is 0.264 e. The lowest BCUT2D eigenvalue weighted by Gasteiger charge is -2.16. The second-order valence-electron chi connectivity index (χ2n) is 6.38. The monoisotopic (exact) mass is 381 g/mol. The van der Waals surface area contributed by atoms with Crippen LogP contribution in [0.1, 0.15) is 17.3 Å². The summed E-state index contributed by atoms with van der Waals surface area (Å²) in [6, 6.07) is 17.0. The van der Waals surface area contributed by atoms with Gasteiger partial charge in [-0.2, -0.15) is 4.98 Å². The molecule has 0 saturated carbocycles. The molecule has 28 heavy (non-hydrogen) atoms. The van der Waals surface area contributed by atoms with E-state index in [2.05, 4.69) is 10.1 Å². The molecule has 146 valence electrons. The maximum atomic E-state index is 12.1. The van der Waals surface area contributed by atoms with Gasteiger partial charge in [0.15, 0.2) is 19.0 Å². The Labute approximate surface area is 163 Å². The Hall–Kier alpha value is -3.35. The van der Waals surface area contributed by atoms with E-state index in [1.807, 2.05) is 61.5 Å². The lowest BCUT2D eigenvalue weighted by molar-refractivity contribution is -0.132. The zero-order chi connectivity index (χ0) is 19.8. The fourth-order valence-electron chi connectivity index (χ4n) is 2.46. The van der Waals surface area contributed by atoms with Crippen LogP contribution < -0.4 is 9.47 Å². The number of benzene rings is 2. The number of aryl methyl sites for hydroxylation is 1. The van der Waals surface area contributed by atoms with Crippen LogP contribution in [0.2, 0.25) is 0 Å². The zero-order valence-corrected chi connectivity index (χ0v) is 16.0. The van der Waals surface area contributed by atoms with Gasteiger partial charge in [-0.05, 0) is 36.8 Å². The molecule has 0 fully saturated rings. The average Bonchev–Trinajstić information content (AvgIpc) is 3.17. The lowest BCUT2D eigenvalue weighted by atomic mass is 10.2. The van der Waals surface area contributed by atoms with Crippen LogP contribution in [0.5, 0.6) is 11.5 Å². The van der Waals surface area contributed by atoms with E-state index in [1.54, 1.807) is 11.9 Å².